The van der Waals surface area contributed by atoms with Gasteiger partial charge in [-0.1, -0.05) is 13.0 Å². The number of hydrogen-bond donors (Lipinski definition) is 1. The van der Waals surface area contributed by atoms with Gasteiger partial charge >= 0.3 is 0 Å². The highest BCUT2D eigenvalue weighted by molar-refractivity contribution is 5.77. The second kappa shape index (κ2) is 3.95. The lowest BCUT2D eigenvalue weighted by atomic mass is 9.87. The van der Waals surface area contributed by atoms with Gasteiger partial charge < -0.3 is 10.2 Å². The maximum Gasteiger partial charge on any atom is 0.133 e. The van der Waals surface area contributed by atoms with Crippen molar-refractivity contribution < 1.29 is 4.42 Å². The zero-order chi connectivity index (χ0) is 11.8. The van der Waals surface area contributed by atoms with Crippen molar-refractivity contribution in [1.82, 2.24) is 0 Å². The van der Waals surface area contributed by atoms with Gasteiger partial charge in [0.15, 0.2) is 0 Å². The van der Waals surface area contributed by atoms with E-state index in [2.05, 4.69) is 32.9 Å². The van der Waals surface area contributed by atoms with E-state index in [1.807, 2.05) is 12.1 Å². The highest BCUT2D eigenvalue weighted by Crippen LogP contribution is 2.27. The van der Waals surface area contributed by atoms with Gasteiger partial charge in [-0.25, -0.2) is 0 Å². The maximum atomic E-state index is 6.05. The molecule has 0 spiro atoms. The third kappa shape index (κ3) is 2.45. The van der Waals surface area contributed by atoms with Crippen LogP contribution in [0.25, 0.3) is 11.0 Å². The van der Waals surface area contributed by atoms with Crippen molar-refractivity contribution in [3.63, 3.8) is 0 Å². The standard InChI is InChI=1S/C14H19NO/c1-10(9-14(2,3)15)11-4-5-13-12(8-11)6-7-16-13/h4-8,10H,9,15H2,1-3H3. The fourth-order valence-electron chi connectivity index (χ4n) is 2.20. The van der Waals surface area contributed by atoms with Gasteiger partial charge in [0, 0.05) is 10.9 Å². The molecule has 0 saturated carbocycles. The molecule has 2 aromatic rings. The molecule has 2 nitrogen and oxygen atoms in total. The number of nitrogens with two attached hydrogens (primary N) is 1. The van der Waals surface area contributed by atoms with E-state index in [0.29, 0.717) is 5.92 Å². The molecule has 1 heterocycles. The lowest BCUT2D eigenvalue weighted by molar-refractivity contribution is 0.437. The molecule has 0 fully saturated rings. The number of hydrogen-bond acceptors (Lipinski definition) is 2. The van der Waals surface area contributed by atoms with Crippen LogP contribution in [0.2, 0.25) is 0 Å². The number of benzene rings is 1. The van der Waals surface area contributed by atoms with Gasteiger partial charge in [-0.3, -0.25) is 0 Å². The Morgan fingerprint density at radius 1 is 1.31 bits per heavy atom. The summed E-state index contributed by atoms with van der Waals surface area (Å²) in [6.07, 6.45) is 2.71. The molecule has 0 saturated heterocycles. The van der Waals surface area contributed by atoms with E-state index in [4.69, 9.17) is 10.2 Å². The fourth-order valence-corrected chi connectivity index (χ4v) is 2.20. The van der Waals surface area contributed by atoms with Crippen LogP contribution in [-0.2, 0) is 0 Å². The fraction of sp³-hybridized carbons (Fsp3) is 0.429. The zero-order valence-corrected chi connectivity index (χ0v) is 10.2. The van der Waals surface area contributed by atoms with E-state index < -0.39 is 0 Å². The molecule has 2 heteroatoms. The third-order valence-electron chi connectivity index (χ3n) is 2.88. The zero-order valence-electron chi connectivity index (χ0n) is 10.2. The minimum absolute atomic E-state index is 0.120. The molecule has 0 radical (unpaired) electrons. The quantitative estimate of drug-likeness (QED) is 0.852. The average molecular weight is 217 g/mol. The van der Waals surface area contributed by atoms with Gasteiger partial charge in [-0.2, -0.15) is 0 Å². The molecular weight excluding hydrogens is 198 g/mol. The minimum Gasteiger partial charge on any atom is -0.464 e. The first-order chi connectivity index (χ1) is 7.46. The van der Waals surface area contributed by atoms with Crippen molar-refractivity contribution in [1.29, 1.82) is 0 Å². The van der Waals surface area contributed by atoms with Gasteiger partial charge in [0.2, 0.25) is 0 Å². The van der Waals surface area contributed by atoms with Crippen LogP contribution in [0.5, 0.6) is 0 Å². The van der Waals surface area contributed by atoms with Crippen LogP contribution < -0.4 is 5.73 Å². The molecule has 2 rings (SSSR count). The molecule has 0 aliphatic heterocycles. The van der Waals surface area contributed by atoms with Crippen molar-refractivity contribution in [2.75, 3.05) is 0 Å². The molecule has 0 aliphatic carbocycles. The second-order valence-corrected chi connectivity index (χ2v) is 5.31. The summed E-state index contributed by atoms with van der Waals surface area (Å²) in [5.41, 5.74) is 8.20. The lowest BCUT2D eigenvalue weighted by Gasteiger charge is -2.23. The first kappa shape index (κ1) is 11.2. The summed E-state index contributed by atoms with van der Waals surface area (Å²) in [6.45, 7) is 6.36. The van der Waals surface area contributed by atoms with Gasteiger partial charge in [0.05, 0.1) is 6.26 Å². The van der Waals surface area contributed by atoms with Crippen molar-refractivity contribution in [2.24, 2.45) is 5.73 Å². The highest BCUT2D eigenvalue weighted by Gasteiger charge is 2.17. The number of fused-ring (bicyclic) bond motifs is 1. The Hall–Kier alpha value is -1.28. The van der Waals surface area contributed by atoms with Crippen LogP contribution in [0, 0.1) is 0 Å². The molecule has 1 aromatic heterocycles. The molecule has 86 valence electrons. The molecule has 0 amide bonds. The largest absolute Gasteiger partial charge is 0.464 e. The Bertz CT molecular complexity index is 479. The van der Waals surface area contributed by atoms with E-state index >= 15 is 0 Å². The van der Waals surface area contributed by atoms with Crippen LogP contribution in [0.4, 0.5) is 0 Å². The summed E-state index contributed by atoms with van der Waals surface area (Å²) in [6, 6.07) is 8.35. The van der Waals surface area contributed by atoms with Crippen molar-refractivity contribution in [3.05, 3.63) is 36.1 Å². The third-order valence-corrected chi connectivity index (χ3v) is 2.88. The van der Waals surface area contributed by atoms with Gasteiger partial charge in [0.25, 0.3) is 0 Å². The topological polar surface area (TPSA) is 39.2 Å². The van der Waals surface area contributed by atoms with E-state index in [1.165, 1.54) is 10.9 Å². The summed E-state index contributed by atoms with van der Waals surface area (Å²) in [5, 5.41) is 1.17. The monoisotopic (exact) mass is 217 g/mol. The second-order valence-electron chi connectivity index (χ2n) is 5.31. The predicted molar refractivity (Wildman–Crippen MR) is 67.5 cm³/mol. The Balaban J connectivity index is 2.25. The molecule has 1 unspecified atom stereocenters. The van der Waals surface area contributed by atoms with Crippen LogP contribution in [0.3, 0.4) is 0 Å². The summed E-state index contributed by atoms with van der Waals surface area (Å²) < 4.78 is 5.33. The van der Waals surface area contributed by atoms with Gasteiger partial charge in [-0.15, -0.1) is 0 Å². The highest BCUT2D eigenvalue weighted by atomic mass is 16.3. The van der Waals surface area contributed by atoms with E-state index in [0.717, 1.165) is 12.0 Å². The van der Waals surface area contributed by atoms with Gasteiger partial charge in [-0.05, 0) is 49.9 Å². The van der Waals surface area contributed by atoms with Crippen LogP contribution in [-0.4, -0.2) is 5.54 Å². The normalized spacial score (nSPS) is 14.2. The summed E-state index contributed by atoms with van der Waals surface area (Å²) >= 11 is 0. The Morgan fingerprint density at radius 2 is 2.06 bits per heavy atom. The summed E-state index contributed by atoms with van der Waals surface area (Å²) in [7, 11) is 0. The molecular formula is C14H19NO. The Morgan fingerprint density at radius 3 is 2.75 bits per heavy atom. The van der Waals surface area contributed by atoms with Crippen LogP contribution in [0.15, 0.2) is 34.9 Å². The van der Waals surface area contributed by atoms with Crippen LogP contribution >= 0.6 is 0 Å². The molecule has 2 N–H and O–H groups in total. The minimum atomic E-state index is -0.120. The summed E-state index contributed by atoms with van der Waals surface area (Å²) in [5.74, 6) is 0.472. The first-order valence-corrected chi connectivity index (χ1v) is 5.72. The average Bonchev–Trinajstić information content (AvgIpc) is 2.61. The SMILES string of the molecule is CC(CC(C)(C)N)c1ccc2occc2c1. The smallest absolute Gasteiger partial charge is 0.133 e. The first-order valence-electron chi connectivity index (χ1n) is 5.72. The predicted octanol–water partition coefficient (Wildman–Crippen LogP) is 3.66. The molecule has 0 aliphatic rings. The van der Waals surface area contributed by atoms with Crippen molar-refractivity contribution in [2.45, 2.75) is 38.6 Å². The molecule has 16 heavy (non-hydrogen) atoms. The lowest BCUT2D eigenvalue weighted by Crippen LogP contribution is -2.33. The molecule has 1 aromatic carbocycles. The van der Waals surface area contributed by atoms with Gasteiger partial charge in [0.1, 0.15) is 5.58 Å². The Kier molecular flexibility index (Phi) is 2.76. The van der Waals surface area contributed by atoms with E-state index in [9.17, 15) is 0 Å². The maximum absolute atomic E-state index is 6.05. The van der Waals surface area contributed by atoms with Crippen LogP contribution in [0.1, 0.15) is 38.7 Å². The summed E-state index contributed by atoms with van der Waals surface area (Å²) in [4.78, 5) is 0. The van der Waals surface area contributed by atoms with E-state index in [1.54, 1.807) is 6.26 Å². The number of furan rings is 1. The molecule has 1 atom stereocenters. The molecule has 0 bridgehead atoms. The van der Waals surface area contributed by atoms with Crippen molar-refractivity contribution in [3.8, 4) is 0 Å². The van der Waals surface area contributed by atoms with Crippen molar-refractivity contribution >= 4 is 11.0 Å². The Labute approximate surface area is 96.4 Å². The number of rotatable bonds is 3. The van der Waals surface area contributed by atoms with E-state index in [-0.39, 0.29) is 5.54 Å².